The maximum Gasteiger partial charge on any atom is 0.416 e. The lowest BCUT2D eigenvalue weighted by Crippen LogP contribution is -2.47. The van der Waals surface area contributed by atoms with Gasteiger partial charge in [0.25, 0.3) is 5.91 Å². The number of halogens is 6. The Morgan fingerprint density at radius 3 is 1.76 bits per heavy atom. The quantitative estimate of drug-likeness (QED) is 0.503. The molecule has 2 amide bonds. The normalized spacial score (nSPS) is 19.8. The van der Waals surface area contributed by atoms with Crippen molar-refractivity contribution in [3.05, 3.63) is 34.9 Å². The third kappa shape index (κ3) is 7.53. The summed E-state index contributed by atoms with van der Waals surface area (Å²) in [6, 6.07) is 0.805. The van der Waals surface area contributed by atoms with Gasteiger partial charge in [0.2, 0.25) is 0 Å². The van der Waals surface area contributed by atoms with E-state index >= 15 is 0 Å². The molecule has 1 aromatic carbocycles. The van der Waals surface area contributed by atoms with Gasteiger partial charge in [-0.2, -0.15) is 26.3 Å². The summed E-state index contributed by atoms with van der Waals surface area (Å²) in [4.78, 5) is 25.2. The Labute approximate surface area is 188 Å². The van der Waals surface area contributed by atoms with Gasteiger partial charge in [0, 0.05) is 24.2 Å². The molecule has 0 aromatic heterocycles. The van der Waals surface area contributed by atoms with Gasteiger partial charge in [-0.15, -0.1) is 0 Å². The second kappa shape index (κ2) is 9.80. The van der Waals surface area contributed by atoms with E-state index in [1.54, 1.807) is 20.8 Å². The lowest BCUT2D eigenvalue weighted by molar-refractivity contribution is -0.143. The number of carboxylic acid groups (broad SMARTS) is 1. The first-order valence-electron chi connectivity index (χ1n) is 10.6. The Balaban J connectivity index is 1.98. The molecule has 0 saturated heterocycles. The van der Waals surface area contributed by atoms with E-state index in [-0.39, 0.29) is 24.4 Å². The van der Waals surface area contributed by atoms with Crippen molar-refractivity contribution in [3.63, 3.8) is 0 Å². The van der Waals surface area contributed by atoms with Gasteiger partial charge in [-0.1, -0.05) is 0 Å². The number of rotatable bonds is 5. The maximum atomic E-state index is 13.0. The van der Waals surface area contributed by atoms with Crippen LogP contribution in [0.1, 0.15) is 67.9 Å². The number of amides is 2. The molecule has 0 atom stereocenters. The molecule has 186 valence electrons. The molecule has 0 radical (unpaired) electrons. The summed E-state index contributed by atoms with van der Waals surface area (Å²) in [6.45, 7) is 5.91. The Hall–Kier alpha value is -2.46. The number of hydrogen-bond acceptors (Lipinski definition) is 2. The van der Waals surface area contributed by atoms with Crippen LogP contribution in [0, 0.1) is 11.8 Å². The van der Waals surface area contributed by atoms with Crippen molar-refractivity contribution in [2.24, 2.45) is 11.8 Å². The minimum Gasteiger partial charge on any atom is -0.465 e. The minimum atomic E-state index is -5.02. The molecule has 2 rings (SSSR count). The predicted octanol–water partition coefficient (Wildman–Crippen LogP) is 6.04. The second-order valence-corrected chi connectivity index (χ2v) is 9.46. The maximum absolute atomic E-state index is 13.0. The van der Waals surface area contributed by atoms with Gasteiger partial charge in [0.05, 0.1) is 11.1 Å². The van der Waals surface area contributed by atoms with E-state index in [9.17, 15) is 41.0 Å². The van der Waals surface area contributed by atoms with Crippen LogP contribution in [-0.2, 0) is 12.4 Å². The summed E-state index contributed by atoms with van der Waals surface area (Å²) < 4.78 is 77.9. The molecule has 2 N–H and O–H groups in total. The lowest BCUT2D eigenvalue weighted by atomic mass is 9.81. The van der Waals surface area contributed by atoms with Crippen molar-refractivity contribution in [1.82, 2.24) is 10.2 Å². The topological polar surface area (TPSA) is 69.6 Å². The molecule has 0 spiro atoms. The van der Waals surface area contributed by atoms with Crippen LogP contribution < -0.4 is 5.32 Å². The number of carbonyl (C=O) groups excluding carboxylic acids is 1. The first kappa shape index (κ1) is 26.8. The van der Waals surface area contributed by atoms with Crippen LogP contribution in [0.4, 0.5) is 31.1 Å². The van der Waals surface area contributed by atoms with Gasteiger partial charge >= 0.3 is 18.4 Å². The van der Waals surface area contributed by atoms with Crippen molar-refractivity contribution >= 4 is 12.0 Å². The average molecular weight is 482 g/mol. The number of nitrogens with one attached hydrogen (secondary N) is 1. The molecule has 5 nitrogen and oxygen atoms in total. The Morgan fingerprint density at radius 2 is 1.36 bits per heavy atom. The Bertz CT molecular complexity index is 821. The standard InChI is InChI=1S/C22H28F6N2O3/c1-20(2,3)30(19(32)33)12-14-6-4-13(5-7-14)11-29-18(31)15-8-16(21(23,24)25)10-17(9-15)22(26,27)28/h8-10,13-14H,4-7,11-12H2,1-3H3,(H,29,31)(H,32,33). The highest BCUT2D eigenvalue weighted by Gasteiger charge is 2.37. The highest BCUT2D eigenvalue weighted by atomic mass is 19.4. The van der Waals surface area contributed by atoms with E-state index in [4.69, 9.17) is 0 Å². The molecular formula is C22H28F6N2O3. The second-order valence-electron chi connectivity index (χ2n) is 9.46. The van der Waals surface area contributed by atoms with Gasteiger partial charge in [-0.25, -0.2) is 4.79 Å². The molecule has 1 aliphatic rings. The molecular weight excluding hydrogens is 454 g/mol. The van der Waals surface area contributed by atoms with Crippen LogP contribution in [0.3, 0.4) is 0 Å². The summed E-state index contributed by atoms with van der Waals surface area (Å²) >= 11 is 0. The Kier molecular flexibility index (Phi) is 7.96. The fourth-order valence-electron chi connectivity index (χ4n) is 3.94. The largest absolute Gasteiger partial charge is 0.465 e. The SMILES string of the molecule is CC(C)(C)N(CC1CCC(CNC(=O)c2cc(C(F)(F)F)cc(C(F)(F)F)c2)CC1)C(=O)O. The molecule has 1 saturated carbocycles. The molecule has 1 fully saturated rings. The van der Waals surface area contributed by atoms with Gasteiger partial charge in [0.15, 0.2) is 0 Å². The zero-order valence-electron chi connectivity index (χ0n) is 18.6. The van der Waals surface area contributed by atoms with Crippen molar-refractivity contribution in [2.45, 2.75) is 64.3 Å². The first-order chi connectivity index (χ1) is 15.0. The fraction of sp³-hybridized carbons (Fsp3) is 0.636. The average Bonchev–Trinajstić information content (AvgIpc) is 2.68. The van der Waals surface area contributed by atoms with E-state index in [0.717, 1.165) is 0 Å². The van der Waals surface area contributed by atoms with E-state index in [2.05, 4.69) is 5.32 Å². The molecule has 0 aliphatic heterocycles. The van der Waals surface area contributed by atoms with Crippen molar-refractivity contribution in [1.29, 1.82) is 0 Å². The van der Waals surface area contributed by atoms with E-state index in [1.165, 1.54) is 4.90 Å². The van der Waals surface area contributed by atoms with Crippen LogP contribution in [0.15, 0.2) is 18.2 Å². The van der Waals surface area contributed by atoms with E-state index < -0.39 is 46.6 Å². The number of alkyl halides is 6. The van der Waals surface area contributed by atoms with Crippen LogP contribution in [0.2, 0.25) is 0 Å². The third-order valence-corrected chi connectivity index (χ3v) is 5.85. The van der Waals surface area contributed by atoms with Crippen LogP contribution in [0.25, 0.3) is 0 Å². The highest BCUT2D eigenvalue weighted by Crippen LogP contribution is 2.36. The monoisotopic (exact) mass is 482 g/mol. The summed E-state index contributed by atoms with van der Waals surface area (Å²) in [6.07, 6.45) is -8.30. The zero-order valence-corrected chi connectivity index (χ0v) is 18.6. The molecule has 1 aromatic rings. The van der Waals surface area contributed by atoms with Crippen LogP contribution >= 0.6 is 0 Å². The number of hydrogen-bond donors (Lipinski definition) is 2. The van der Waals surface area contributed by atoms with Gasteiger partial charge in [0.1, 0.15) is 0 Å². The molecule has 1 aliphatic carbocycles. The third-order valence-electron chi connectivity index (χ3n) is 5.85. The van der Waals surface area contributed by atoms with Crippen molar-refractivity contribution in [2.75, 3.05) is 13.1 Å². The minimum absolute atomic E-state index is 0.00556. The van der Waals surface area contributed by atoms with Crippen molar-refractivity contribution < 1.29 is 41.0 Å². The molecule has 33 heavy (non-hydrogen) atoms. The number of nitrogens with zero attached hydrogens (tertiary/aromatic N) is 1. The summed E-state index contributed by atoms with van der Waals surface area (Å²) in [5, 5.41) is 11.9. The van der Waals surface area contributed by atoms with Gasteiger partial charge < -0.3 is 15.3 Å². The van der Waals surface area contributed by atoms with Crippen LogP contribution in [0.5, 0.6) is 0 Å². The van der Waals surface area contributed by atoms with Crippen molar-refractivity contribution in [3.8, 4) is 0 Å². The molecule has 0 heterocycles. The zero-order chi connectivity index (χ0) is 25.2. The summed E-state index contributed by atoms with van der Waals surface area (Å²) in [5.74, 6) is -0.852. The van der Waals surface area contributed by atoms with E-state index in [0.29, 0.717) is 44.4 Å². The smallest absolute Gasteiger partial charge is 0.416 e. The van der Waals surface area contributed by atoms with Crippen LogP contribution in [-0.4, -0.2) is 40.6 Å². The number of carbonyl (C=O) groups is 2. The van der Waals surface area contributed by atoms with E-state index in [1.807, 2.05) is 0 Å². The first-order valence-corrected chi connectivity index (χ1v) is 10.6. The molecule has 11 heteroatoms. The summed E-state index contributed by atoms with van der Waals surface area (Å²) in [5.41, 5.74) is -4.32. The predicted molar refractivity (Wildman–Crippen MR) is 109 cm³/mol. The lowest BCUT2D eigenvalue weighted by Gasteiger charge is -2.38. The van der Waals surface area contributed by atoms with Gasteiger partial charge in [-0.05, 0) is 76.5 Å². The highest BCUT2D eigenvalue weighted by molar-refractivity contribution is 5.94. The number of benzene rings is 1. The molecule has 0 bridgehead atoms. The summed E-state index contributed by atoms with van der Waals surface area (Å²) in [7, 11) is 0. The Morgan fingerprint density at radius 1 is 0.909 bits per heavy atom. The fourth-order valence-corrected chi connectivity index (χ4v) is 3.94. The van der Waals surface area contributed by atoms with Gasteiger partial charge in [-0.3, -0.25) is 4.79 Å². The molecule has 0 unspecified atom stereocenters.